The number of carbonyl (C=O) groups excluding carboxylic acids is 1. The Kier molecular flexibility index (Phi) is 12.4. The van der Waals surface area contributed by atoms with Crippen LogP contribution < -0.4 is 0 Å². The van der Waals surface area contributed by atoms with Crippen molar-refractivity contribution in [1.29, 1.82) is 0 Å². The van der Waals surface area contributed by atoms with Crippen molar-refractivity contribution in [3.63, 3.8) is 0 Å². The van der Waals surface area contributed by atoms with Crippen LogP contribution in [0.2, 0.25) is 0 Å². The number of carbonyl (C=O) groups is 3. The molecule has 2 unspecified atom stereocenters. The van der Waals surface area contributed by atoms with Gasteiger partial charge in [0, 0.05) is 49.4 Å². The highest BCUT2D eigenvalue weighted by molar-refractivity contribution is 5.85. The monoisotopic (exact) mass is 630 g/mol. The van der Waals surface area contributed by atoms with Crippen LogP contribution in [0.25, 0.3) is 10.8 Å². The quantitative estimate of drug-likeness (QED) is 0.246. The normalized spacial score (nSPS) is 17.7. The van der Waals surface area contributed by atoms with Crippen LogP contribution in [0.5, 0.6) is 0 Å². The lowest BCUT2D eigenvalue weighted by Gasteiger charge is -2.39. The fourth-order valence-corrected chi connectivity index (χ4v) is 5.32. The second kappa shape index (κ2) is 16.4. The Bertz CT molecular complexity index is 1380. The predicted molar refractivity (Wildman–Crippen MR) is 159 cm³/mol. The van der Waals surface area contributed by atoms with Gasteiger partial charge in [0.05, 0.1) is 32.2 Å². The molecule has 3 heterocycles. The van der Waals surface area contributed by atoms with Gasteiger partial charge in [0.25, 0.3) is 0 Å². The zero-order valence-corrected chi connectivity index (χ0v) is 24.8. The molecule has 2 aromatic carbocycles. The first-order valence-electron chi connectivity index (χ1n) is 14.9. The van der Waals surface area contributed by atoms with E-state index < -0.39 is 24.1 Å². The van der Waals surface area contributed by atoms with E-state index in [9.17, 15) is 18.8 Å². The molecule has 0 saturated carbocycles. The summed E-state index contributed by atoms with van der Waals surface area (Å²) in [5, 5.41) is 34.6. The highest BCUT2D eigenvalue weighted by atomic mass is 19.1. The first-order chi connectivity index (χ1) is 21.6. The van der Waals surface area contributed by atoms with E-state index in [1.165, 1.54) is 12.1 Å². The molecule has 3 aromatic rings. The summed E-state index contributed by atoms with van der Waals surface area (Å²) in [5.74, 6) is -3.70. The smallest absolute Gasteiger partial charge is 0.335 e. The third-order valence-electron chi connectivity index (χ3n) is 7.86. The number of hydrogen-bond acceptors (Lipinski definition) is 9. The Balaban J connectivity index is 0.000000399. The fourth-order valence-electron chi connectivity index (χ4n) is 5.32. The zero-order valence-electron chi connectivity index (χ0n) is 24.8. The lowest BCUT2D eigenvalue weighted by Crippen LogP contribution is -2.48. The lowest BCUT2D eigenvalue weighted by molar-refractivity contribution is -0.183. The molecule has 13 heteroatoms. The number of nitrogens with zero attached hydrogens (tertiary/aromatic N) is 2. The number of benzene rings is 2. The predicted octanol–water partition coefficient (Wildman–Crippen LogP) is 2.64. The molecule has 4 N–H and O–H groups in total. The van der Waals surface area contributed by atoms with Gasteiger partial charge in [0.15, 0.2) is 18.5 Å². The number of fused-ring (bicyclic) bond motifs is 1. The number of likely N-dealkylation sites (tertiary alicyclic amines) is 1. The lowest BCUT2D eigenvalue weighted by atomic mass is 10.00. The first kappa shape index (κ1) is 34.0. The molecule has 2 atom stereocenters. The summed E-state index contributed by atoms with van der Waals surface area (Å²) < 4.78 is 30.1. The molecular formula is C32H39FN2O10. The van der Waals surface area contributed by atoms with Crippen LogP contribution in [0.4, 0.5) is 4.39 Å². The third-order valence-corrected chi connectivity index (χ3v) is 7.86. The summed E-state index contributed by atoms with van der Waals surface area (Å²) in [5.41, 5.74) is 1.91. The van der Waals surface area contributed by atoms with Crippen molar-refractivity contribution in [1.82, 2.24) is 9.80 Å². The third kappa shape index (κ3) is 10.1. The molecule has 244 valence electrons. The van der Waals surface area contributed by atoms with E-state index in [4.69, 9.17) is 34.3 Å². The van der Waals surface area contributed by atoms with Gasteiger partial charge in [-0.25, -0.2) is 14.0 Å². The van der Waals surface area contributed by atoms with Crippen LogP contribution in [0.3, 0.4) is 0 Å². The number of carboxylic acid groups (broad SMARTS) is 2. The number of rotatable bonds is 11. The van der Waals surface area contributed by atoms with Crippen molar-refractivity contribution < 1.29 is 53.1 Å². The maximum absolute atomic E-state index is 13.6. The Morgan fingerprint density at radius 1 is 0.889 bits per heavy atom. The summed E-state index contributed by atoms with van der Waals surface area (Å²) in [6.45, 7) is 4.86. The van der Waals surface area contributed by atoms with Crippen LogP contribution in [0, 0.1) is 5.82 Å². The van der Waals surface area contributed by atoms with E-state index in [0.717, 1.165) is 80.4 Å². The van der Waals surface area contributed by atoms with Crippen molar-refractivity contribution in [2.45, 2.75) is 63.2 Å². The van der Waals surface area contributed by atoms with E-state index in [0.29, 0.717) is 13.0 Å². The molecular weight excluding hydrogens is 591 g/mol. The average Bonchev–Trinajstić information content (AvgIpc) is 3.52. The highest BCUT2D eigenvalue weighted by Crippen LogP contribution is 2.23. The molecule has 2 aliphatic heterocycles. The molecule has 0 aliphatic carbocycles. The van der Waals surface area contributed by atoms with Crippen LogP contribution in [-0.2, 0) is 36.8 Å². The number of aliphatic hydroxyl groups excluding tert-OH is 2. The summed E-state index contributed by atoms with van der Waals surface area (Å²) >= 11 is 0. The van der Waals surface area contributed by atoms with Crippen molar-refractivity contribution in [3.05, 3.63) is 71.9 Å². The molecule has 0 spiro atoms. The van der Waals surface area contributed by atoms with Gasteiger partial charge in [-0.2, -0.15) is 0 Å². The van der Waals surface area contributed by atoms with E-state index >= 15 is 0 Å². The second-order valence-electron chi connectivity index (χ2n) is 11.1. The molecule has 1 aromatic heterocycles. The van der Waals surface area contributed by atoms with E-state index in [1.54, 1.807) is 24.7 Å². The van der Waals surface area contributed by atoms with Crippen molar-refractivity contribution in [2.75, 3.05) is 32.8 Å². The van der Waals surface area contributed by atoms with Crippen LogP contribution in [-0.4, -0.2) is 105 Å². The minimum atomic E-state index is -2.27. The standard InChI is InChI=1S/C28H33FN2O4.C4H6O6/c29-25-6-3-21(4-7-25)18-31(27(32)17-22-2-5-23-19-33-20-24(23)16-22)26-8-11-30(12-9-26)13-10-28-34-14-1-15-35-28;5-1(3(7)8)2(6)4(9)10/h2-7,16,19-20,26,28H,1,8-15,17-18H2;1-2,5-6H,(H,7,8)(H,9,10). The SMILES string of the molecule is O=C(Cc1ccc2cocc2c1)N(Cc1ccc(F)cc1)C1CCN(CCC2OCCCO2)CC1.O=C(O)C(O)C(O)C(=O)O. The average molecular weight is 631 g/mol. The summed E-state index contributed by atoms with van der Waals surface area (Å²) in [7, 11) is 0. The Labute approximate surface area is 259 Å². The molecule has 0 radical (unpaired) electrons. The van der Waals surface area contributed by atoms with Crippen molar-refractivity contribution in [3.8, 4) is 0 Å². The molecule has 2 saturated heterocycles. The highest BCUT2D eigenvalue weighted by Gasteiger charge is 2.30. The first-order valence-corrected chi connectivity index (χ1v) is 14.9. The number of halogens is 1. The summed E-state index contributed by atoms with van der Waals surface area (Å²) in [4.78, 5) is 37.5. The molecule has 12 nitrogen and oxygen atoms in total. The van der Waals surface area contributed by atoms with Crippen molar-refractivity contribution >= 4 is 28.6 Å². The summed E-state index contributed by atoms with van der Waals surface area (Å²) in [6.07, 6.45) is 2.80. The van der Waals surface area contributed by atoms with Gasteiger partial charge in [-0.15, -0.1) is 0 Å². The van der Waals surface area contributed by atoms with Gasteiger partial charge in [-0.3, -0.25) is 4.79 Å². The Hall–Kier alpha value is -3.88. The largest absolute Gasteiger partial charge is 0.479 e. The zero-order chi connectivity index (χ0) is 32.3. The van der Waals surface area contributed by atoms with Crippen LogP contribution >= 0.6 is 0 Å². The molecule has 5 rings (SSSR count). The van der Waals surface area contributed by atoms with E-state index in [2.05, 4.69) is 4.90 Å². The van der Waals surface area contributed by atoms with Crippen LogP contribution in [0.15, 0.2) is 59.4 Å². The molecule has 0 bridgehead atoms. The Morgan fingerprint density at radius 3 is 2.11 bits per heavy atom. The fraction of sp³-hybridized carbons (Fsp3) is 0.469. The second-order valence-corrected chi connectivity index (χ2v) is 11.1. The summed E-state index contributed by atoms with van der Waals surface area (Å²) in [6, 6.07) is 12.6. The number of hydrogen-bond donors (Lipinski definition) is 4. The number of carboxylic acids is 2. The maximum Gasteiger partial charge on any atom is 0.335 e. The van der Waals surface area contributed by atoms with Crippen molar-refractivity contribution in [2.24, 2.45) is 0 Å². The molecule has 45 heavy (non-hydrogen) atoms. The molecule has 2 aliphatic rings. The van der Waals surface area contributed by atoms with Gasteiger partial charge in [0.1, 0.15) is 5.82 Å². The number of piperidine rings is 1. The van der Waals surface area contributed by atoms with Gasteiger partial charge >= 0.3 is 11.9 Å². The number of aliphatic hydroxyl groups is 2. The van der Waals surface area contributed by atoms with Gasteiger partial charge < -0.3 is 44.1 Å². The van der Waals surface area contributed by atoms with E-state index in [1.807, 2.05) is 23.1 Å². The van der Waals surface area contributed by atoms with Gasteiger partial charge in [0.2, 0.25) is 5.91 Å². The van der Waals surface area contributed by atoms with Gasteiger partial charge in [-0.05, 0) is 48.6 Å². The number of aliphatic carboxylic acids is 2. The minimum Gasteiger partial charge on any atom is -0.479 e. The van der Waals surface area contributed by atoms with Gasteiger partial charge in [-0.1, -0.05) is 24.3 Å². The number of furan rings is 1. The maximum atomic E-state index is 13.6. The topological polar surface area (TPSA) is 170 Å². The minimum absolute atomic E-state index is 0.0920. The molecule has 1 amide bonds. The van der Waals surface area contributed by atoms with Crippen LogP contribution in [0.1, 0.15) is 36.8 Å². The number of amides is 1. The molecule has 2 fully saturated rings. The van der Waals surface area contributed by atoms with E-state index in [-0.39, 0.29) is 24.1 Å². The number of ether oxygens (including phenoxy) is 2. The Morgan fingerprint density at radius 2 is 1.49 bits per heavy atom.